The minimum atomic E-state index is -0.0801. The van der Waals surface area contributed by atoms with Crippen LogP contribution in [-0.2, 0) is 0 Å². The van der Waals surface area contributed by atoms with Gasteiger partial charge in [-0.25, -0.2) is 0 Å². The maximum absolute atomic E-state index is 2.65. The quantitative estimate of drug-likeness (QED) is 0.642. The molecule has 1 unspecified atom stereocenters. The molecule has 1 fully saturated rings. The van der Waals surface area contributed by atoms with Crippen molar-refractivity contribution in [2.24, 2.45) is 0 Å². The van der Waals surface area contributed by atoms with Crippen molar-refractivity contribution in [3.8, 4) is 0 Å². The van der Waals surface area contributed by atoms with Crippen molar-refractivity contribution in [2.45, 2.75) is 30.2 Å². The van der Waals surface area contributed by atoms with Crippen molar-refractivity contribution in [2.75, 3.05) is 13.1 Å². The van der Waals surface area contributed by atoms with Crippen LogP contribution in [0, 0.1) is 0 Å². The molecule has 0 bridgehead atoms. The summed E-state index contributed by atoms with van der Waals surface area (Å²) in [6.07, 6.45) is 6.86. The zero-order valence-electron chi connectivity index (χ0n) is 7.14. The minimum absolute atomic E-state index is 0.0801. The summed E-state index contributed by atoms with van der Waals surface area (Å²) in [5.74, 6) is 0. The Labute approximate surface area is 79.1 Å². The number of fused-ring (bicyclic) bond motifs is 1. The average molecular weight is 256 g/mol. The Morgan fingerprint density at radius 3 is 3.27 bits per heavy atom. The van der Waals surface area contributed by atoms with Gasteiger partial charge in [0.1, 0.15) is 0 Å². The van der Waals surface area contributed by atoms with Crippen molar-refractivity contribution in [1.82, 2.24) is 4.90 Å². The van der Waals surface area contributed by atoms with Gasteiger partial charge < -0.3 is 0 Å². The molecule has 2 radical (unpaired) electrons. The van der Waals surface area contributed by atoms with Crippen LogP contribution in [0.15, 0.2) is 9.67 Å². The van der Waals surface area contributed by atoms with Gasteiger partial charge in [0.05, 0.1) is 0 Å². The summed E-state index contributed by atoms with van der Waals surface area (Å²) in [4.78, 5) is 5.10. The molecule has 2 aliphatic heterocycles. The van der Waals surface area contributed by atoms with E-state index in [2.05, 4.69) is 15.9 Å². The molecular weight excluding hydrogens is 241 g/mol. The van der Waals surface area contributed by atoms with Crippen molar-refractivity contribution in [3.05, 3.63) is 9.67 Å². The summed E-state index contributed by atoms with van der Waals surface area (Å²) in [7, 11) is 0. The zero-order chi connectivity index (χ0) is 7.68. The summed E-state index contributed by atoms with van der Waals surface area (Å²) in [6, 6.07) is 0.861. The van der Waals surface area contributed by atoms with E-state index in [0.717, 1.165) is 6.04 Å². The van der Waals surface area contributed by atoms with Gasteiger partial charge in [-0.2, -0.15) is 0 Å². The molecule has 0 aromatic heterocycles. The zero-order valence-corrected chi connectivity index (χ0v) is 9.99. The van der Waals surface area contributed by atoms with Crippen LogP contribution < -0.4 is 0 Å². The van der Waals surface area contributed by atoms with Gasteiger partial charge in [-0.15, -0.1) is 0 Å². The molecule has 2 rings (SSSR count). The Morgan fingerprint density at radius 1 is 1.55 bits per heavy atom. The predicted octanol–water partition coefficient (Wildman–Crippen LogP) is 1.49. The van der Waals surface area contributed by atoms with E-state index in [0.29, 0.717) is 0 Å². The van der Waals surface area contributed by atoms with Crippen LogP contribution in [0.2, 0.25) is 4.94 Å². The summed E-state index contributed by atoms with van der Waals surface area (Å²) in [5, 5.41) is 0. The second kappa shape index (κ2) is 3.48. The fourth-order valence-corrected chi connectivity index (χ4v) is 4.16. The van der Waals surface area contributed by atoms with Gasteiger partial charge in [0.15, 0.2) is 0 Å². The predicted molar refractivity (Wildman–Crippen MR) is 48.9 cm³/mol. The van der Waals surface area contributed by atoms with Crippen LogP contribution in [0.25, 0.3) is 0 Å². The molecular formula is C9H15NSn. The summed E-state index contributed by atoms with van der Waals surface area (Å²) >= 11 is -0.0801. The van der Waals surface area contributed by atoms with E-state index in [1.165, 1.54) is 32.4 Å². The maximum atomic E-state index is 2.65. The normalized spacial score (nSPS) is 31.7. The first-order valence-electron chi connectivity index (χ1n) is 4.52. The third kappa shape index (κ3) is 1.64. The molecule has 0 aliphatic carbocycles. The average Bonchev–Trinajstić information content (AvgIpc) is 2.50. The Balaban J connectivity index is 2.08. The number of nitrogens with zero attached hydrogens (tertiary/aromatic N) is 1. The third-order valence-corrected chi connectivity index (χ3v) is 5.82. The van der Waals surface area contributed by atoms with E-state index in [-0.39, 0.29) is 21.1 Å². The van der Waals surface area contributed by atoms with Crippen LogP contribution >= 0.6 is 0 Å². The molecule has 60 valence electrons. The monoisotopic (exact) mass is 257 g/mol. The first-order chi connectivity index (χ1) is 5.40. The fraction of sp³-hybridized carbons (Fsp3) is 0.778. The second-order valence-electron chi connectivity index (χ2n) is 3.44. The molecule has 0 aromatic rings. The molecule has 2 aliphatic rings. The molecule has 0 aromatic carbocycles. The molecule has 2 heteroatoms. The van der Waals surface area contributed by atoms with Gasteiger partial charge >= 0.3 is 79.0 Å². The fourth-order valence-electron chi connectivity index (χ4n) is 2.11. The number of rotatable bonds is 1. The molecule has 0 amide bonds. The third-order valence-electron chi connectivity index (χ3n) is 2.80. The Bertz CT molecular complexity index is 176. The SMILES string of the molecule is [CH3][Sn][C]1=CC2CCCN2CC1. The van der Waals surface area contributed by atoms with Gasteiger partial charge in [-0.1, -0.05) is 0 Å². The van der Waals surface area contributed by atoms with Crippen molar-refractivity contribution >= 4 is 21.1 Å². The van der Waals surface area contributed by atoms with Crippen LogP contribution in [0.4, 0.5) is 0 Å². The van der Waals surface area contributed by atoms with E-state index in [1.807, 2.05) is 3.59 Å². The molecule has 1 nitrogen and oxygen atoms in total. The Hall–Kier alpha value is 0.499. The molecule has 11 heavy (non-hydrogen) atoms. The van der Waals surface area contributed by atoms with Crippen molar-refractivity contribution < 1.29 is 0 Å². The van der Waals surface area contributed by atoms with Gasteiger partial charge in [-0.05, 0) is 0 Å². The van der Waals surface area contributed by atoms with Crippen LogP contribution in [0.1, 0.15) is 19.3 Å². The summed E-state index contributed by atoms with van der Waals surface area (Å²) in [5.41, 5.74) is 0. The van der Waals surface area contributed by atoms with Gasteiger partial charge in [0.25, 0.3) is 0 Å². The molecule has 0 N–H and O–H groups in total. The van der Waals surface area contributed by atoms with Gasteiger partial charge in [0.2, 0.25) is 0 Å². The molecule has 1 atom stereocenters. The van der Waals surface area contributed by atoms with E-state index in [4.69, 9.17) is 0 Å². The molecule has 0 spiro atoms. The van der Waals surface area contributed by atoms with Crippen LogP contribution in [0.5, 0.6) is 0 Å². The van der Waals surface area contributed by atoms with Crippen LogP contribution in [0.3, 0.4) is 0 Å². The van der Waals surface area contributed by atoms with E-state index in [9.17, 15) is 0 Å². The first-order valence-corrected chi connectivity index (χ1v) is 8.81. The van der Waals surface area contributed by atoms with E-state index in [1.54, 1.807) is 0 Å². The summed E-state index contributed by atoms with van der Waals surface area (Å²) in [6.45, 7) is 2.73. The van der Waals surface area contributed by atoms with E-state index < -0.39 is 0 Å². The Morgan fingerprint density at radius 2 is 2.45 bits per heavy atom. The van der Waals surface area contributed by atoms with E-state index >= 15 is 0 Å². The number of hydrogen-bond acceptors (Lipinski definition) is 1. The standard InChI is InChI=1S/C8H12N.CH3.Sn/c1-2-6-9-7-3-5-8(9)4-1;;/h4,8H,2-3,5-7H2;1H3;. The second-order valence-corrected chi connectivity index (χ2v) is 6.70. The summed E-state index contributed by atoms with van der Waals surface area (Å²) < 4.78 is 1.86. The first kappa shape index (κ1) is 8.11. The molecule has 1 saturated heterocycles. The topological polar surface area (TPSA) is 3.24 Å². The van der Waals surface area contributed by atoms with Gasteiger partial charge in [-0.3, -0.25) is 0 Å². The number of hydrogen-bond donors (Lipinski definition) is 0. The molecule has 0 saturated carbocycles. The van der Waals surface area contributed by atoms with Crippen molar-refractivity contribution in [3.63, 3.8) is 0 Å². The Kier molecular flexibility index (Phi) is 2.57. The van der Waals surface area contributed by atoms with Crippen molar-refractivity contribution in [1.29, 1.82) is 0 Å². The van der Waals surface area contributed by atoms with Gasteiger partial charge in [0, 0.05) is 0 Å². The molecule has 2 heterocycles. The van der Waals surface area contributed by atoms with Crippen LogP contribution in [-0.4, -0.2) is 45.2 Å².